The number of ether oxygens (including phenoxy) is 1. The summed E-state index contributed by atoms with van der Waals surface area (Å²) in [5, 5.41) is 3.62. The molecule has 1 aliphatic heterocycles. The van der Waals surface area contributed by atoms with Crippen LogP contribution >= 0.6 is 29.7 Å². The third-order valence-electron chi connectivity index (χ3n) is 4.47. The molecule has 1 saturated heterocycles. The number of anilines is 1. The molecule has 30 heavy (non-hydrogen) atoms. The first-order valence-electron chi connectivity index (χ1n) is 8.93. The van der Waals surface area contributed by atoms with Crippen molar-refractivity contribution in [3.63, 3.8) is 0 Å². The molecule has 3 rings (SSSR count). The third kappa shape index (κ3) is 5.23. The second kappa shape index (κ2) is 9.23. The molecule has 11 heteroatoms. The van der Waals surface area contributed by atoms with Crippen LogP contribution in [0.25, 0.3) is 0 Å². The van der Waals surface area contributed by atoms with Crippen LogP contribution in [0, 0.1) is 0 Å². The van der Waals surface area contributed by atoms with Gasteiger partial charge in [-0.2, -0.15) is 13.2 Å². The minimum Gasteiger partial charge on any atom is -0.495 e. The lowest BCUT2D eigenvalue weighted by atomic mass is 10.1. The quantitative estimate of drug-likeness (QED) is 0.438. The minimum atomic E-state index is -4.49. The molecule has 4 nitrogen and oxygen atoms in total. The van der Waals surface area contributed by atoms with Crippen molar-refractivity contribution in [2.75, 3.05) is 19.0 Å². The van der Waals surface area contributed by atoms with E-state index in [4.69, 9.17) is 48.8 Å². The van der Waals surface area contributed by atoms with Gasteiger partial charge >= 0.3 is 6.18 Å². The van der Waals surface area contributed by atoms with Gasteiger partial charge in [0, 0.05) is 16.3 Å². The number of hydrogen-bond donors (Lipinski definition) is 1. The smallest absolute Gasteiger partial charge is 0.416 e. The standard InChI is InChI=1S/C19H19Cl2F3NO3PS/c1-11-6-7-27-29(30,28-11)18(15-9-13(20)10-16(21)17(15)26-2)25-14-5-3-4-12(8-14)19(22,23)24/h3-5,8-11,18,25H,6-7H2,1-2H3. The maximum Gasteiger partial charge on any atom is 0.416 e. The van der Waals surface area contributed by atoms with Gasteiger partial charge in [0.2, 0.25) is 6.49 Å². The Hall–Kier alpha value is -1.02. The SMILES string of the molecule is COc1c(Cl)cc(Cl)cc1C(Nc1cccc(C(F)(F)F)c1)P1(=S)OCCC(C)O1. The zero-order chi connectivity index (χ0) is 22.1. The van der Waals surface area contributed by atoms with Crippen LogP contribution in [0.1, 0.15) is 30.3 Å². The summed E-state index contributed by atoms with van der Waals surface area (Å²) in [6.07, 6.45) is -4.00. The summed E-state index contributed by atoms with van der Waals surface area (Å²) in [4.78, 5) is 0. The molecule has 2 aromatic carbocycles. The molecule has 0 aliphatic carbocycles. The molecule has 0 radical (unpaired) electrons. The normalized spacial score (nSPS) is 23.1. The fourth-order valence-corrected chi connectivity index (χ4v) is 6.97. The second-order valence-electron chi connectivity index (χ2n) is 6.71. The number of benzene rings is 2. The summed E-state index contributed by atoms with van der Waals surface area (Å²) in [6, 6.07) is 7.91. The first kappa shape index (κ1) is 23.6. The van der Waals surface area contributed by atoms with Crippen LogP contribution < -0.4 is 10.1 Å². The molecule has 0 aromatic heterocycles. The van der Waals surface area contributed by atoms with Gasteiger partial charge in [-0.3, -0.25) is 0 Å². The molecule has 3 unspecified atom stereocenters. The number of nitrogens with one attached hydrogen (secondary N) is 1. The lowest BCUT2D eigenvalue weighted by Gasteiger charge is -2.38. The van der Waals surface area contributed by atoms with E-state index in [9.17, 15) is 13.2 Å². The van der Waals surface area contributed by atoms with Gasteiger partial charge in [-0.05, 0) is 55.5 Å². The molecule has 1 fully saturated rings. The monoisotopic (exact) mass is 499 g/mol. The van der Waals surface area contributed by atoms with Crippen molar-refractivity contribution in [1.82, 2.24) is 0 Å². The second-order valence-corrected chi connectivity index (χ2v) is 11.1. The Kier molecular flexibility index (Phi) is 7.27. The molecule has 1 N–H and O–H groups in total. The molecule has 2 aromatic rings. The van der Waals surface area contributed by atoms with E-state index in [0.717, 1.165) is 12.1 Å². The van der Waals surface area contributed by atoms with Crippen LogP contribution in [0.5, 0.6) is 5.75 Å². The molecule has 0 amide bonds. The number of halogens is 5. The first-order chi connectivity index (χ1) is 14.0. The predicted octanol–water partition coefficient (Wildman–Crippen LogP) is 7.27. The van der Waals surface area contributed by atoms with Gasteiger partial charge in [0.1, 0.15) is 11.5 Å². The van der Waals surface area contributed by atoms with Crippen molar-refractivity contribution in [2.45, 2.75) is 31.4 Å². The van der Waals surface area contributed by atoms with E-state index in [1.54, 1.807) is 6.07 Å². The Labute approximate surface area is 187 Å². The fourth-order valence-electron chi connectivity index (χ4n) is 3.08. The molecular weight excluding hydrogens is 481 g/mol. The van der Waals surface area contributed by atoms with Crippen molar-refractivity contribution in [3.05, 3.63) is 57.6 Å². The van der Waals surface area contributed by atoms with E-state index < -0.39 is 24.0 Å². The zero-order valence-electron chi connectivity index (χ0n) is 16.0. The van der Waals surface area contributed by atoms with Crippen molar-refractivity contribution >= 4 is 47.2 Å². The lowest BCUT2D eigenvalue weighted by molar-refractivity contribution is -0.137. The van der Waals surface area contributed by atoms with Gasteiger partial charge in [-0.15, -0.1) is 0 Å². The van der Waals surface area contributed by atoms with Crippen LogP contribution in [-0.4, -0.2) is 19.8 Å². The number of methoxy groups -OCH3 is 1. The topological polar surface area (TPSA) is 39.7 Å². The zero-order valence-corrected chi connectivity index (χ0v) is 19.2. The van der Waals surface area contributed by atoms with Crippen molar-refractivity contribution in [1.29, 1.82) is 0 Å². The number of hydrogen-bond acceptors (Lipinski definition) is 5. The summed E-state index contributed by atoms with van der Waals surface area (Å²) in [7, 11) is 1.43. The van der Waals surface area contributed by atoms with E-state index in [0.29, 0.717) is 29.4 Å². The van der Waals surface area contributed by atoms with E-state index in [1.165, 1.54) is 25.3 Å². The van der Waals surface area contributed by atoms with Crippen LogP contribution in [-0.2, 0) is 27.0 Å². The highest BCUT2D eigenvalue weighted by molar-refractivity contribution is 8.10. The van der Waals surface area contributed by atoms with Crippen molar-refractivity contribution < 1.29 is 27.0 Å². The Morgan fingerprint density at radius 3 is 2.63 bits per heavy atom. The van der Waals surface area contributed by atoms with Gasteiger partial charge in [-0.25, -0.2) is 0 Å². The van der Waals surface area contributed by atoms with E-state index >= 15 is 0 Å². The maximum atomic E-state index is 13.2. The van der Waals surface area contributed by atoms with Crippen LogP contribution in [0.15, 0.2) is 36.4 Å². The van der Waals surface area contributed by atoms with E-state index in [1.807, 2.05) is 6.92 Å². The average molecular weight is 500 g/mol. The summed E-state index contributed by atoms with van der Waals surface area (Å²) in [6.45, 7) is -0.820. The Morgan fingerprint density at radius 1 is 1.27 bits per heavy atom. The largest absolute Gasteiger partial charge is 0.495 e. The Bertz CT molecular complexity index is 977. The predicted molar refractivity (Wildman–Crippen MR) is 116 cm³/mol. The Balaban J connectivity index is 2.12. The highest BCUT2D eigenvalue weighted by Gasteiger charge is 2.39. The number of rotatable bonds is 5. The van der Waals surface area contributed by atoms with Gasteiger partial charge in [0.15, 0.2) is 0 Å². The highest BCUT2D eigenvalue weighted by Crippen LogP contribution is 2.65. The minimum absolute atomic E-state index is 0.170. The van der Waals surface area contributed by atoms with E-state index in [-0.39, 0.29) is 16.8 Å². The molecule has 1 aliphatic rings. The molecule has 0 saturated carbocycles. The fraction of sp³-hybridized carbons (Fsp3) is 0.368. The van der Waals surface area contributed by atoms with E-state index in [2.05, 4.69) is 5.32 Å². The van der Waals surface area contributed by atoms with Gasteiger partial charge < -0.3 is 19.1 Å². The summed E-state index contributed by atoms with van der Waals surface area (Å²) >= 11 is 18.3. The average Bonchev–Trinajstić information content (AvgIpc) is 2.65. The van der Waals surface area contributed by atoms with Crippen molar-refractivity contribution in [3.8, 4) is 5.75 Å². The summed E-state index contributed by atoms with van der Waals surface area (Å²) < 4.78 is 56.9. The molecule has 1 heterocycles. The van der Waals surface area contributed by atoms with Gasteiger partial charge in [0.25, 0.3) is 0 Å². The number of alkyl halides is 3. The van der Waals surface area contributed by atoms with Crippen LogP contribution in [0.3, 0.4) is 0 Å². The summed E-state index contributed by atoms with van der Waals surface area (Å²) in [5.41, 5.74) is -0.148. The molecule has 0 spiro atoms. The van der Waals surface area contributed by atoms with Crippen LogP contribution in [0.4, 0.5) is 18.9 Å². The van der Waals surface area contributed by atoms with Crippen molar-refractivity contribution in [2.24, 2.45) is 0 Å². The molecule has 3 atom stereocenters. The molecular formula is C19H19Cl2F3NO3PS. The van der Waals surface area contributed by atoms with Crippen LogP contribution in [0.2, 0.25) is 10.0 Å². The molecule has 0 bridgehead atoms. The first-order valence-corrected chi connectivity index (χ1v) is 12.4. The maximum absolute atomic E-state index is 13.2. The van der Waals surface area contributed by atoms with Gasteiger partial charge in [-0.1, -0.05) is 29.3 Å². The summed E-state index contributed by atoms with van der Waals surface area (Å²) in [5.74, 6) is -0.551. The van der Waals surface area contributed by atoms with Gasteiger partial charge in [0.05, 0.1) is 30.4 Å². The lowest BCUT2D eigenvalue weighted by Crippen LogP contribution is -2.24. The third-order valence-corrected chi connectivity index (χ3v) is 8.41. The highest BCUT2D eigenvalue weighted by atomic mass is 35.5. The Morgan fingerprint density at radius 2 is 2.00 bits per heavy atom. The molecule has 164 valence electrons.